The van der Waals surface area contributed by atoms with Crippen LogP contribution >= 0.6 is 28.1 Å². The van der Waals surface area contributed by atoms with Crippen LogP contribution in [0.3, 0.4) is 0 Å². The molecule has 1 amide bonds. The first kappa shape index (κ1) is 26.1. The van der Waals surface area contributed by atoms with Crippen molar-refractivity contribution >= 4 is 44.9 Å². The van der Waals surface area contributed by atoms with Crippen LogP contribution in [0.5, 0.6) is 0 Å². The Hall–Kier alpha value is -3.49. The Labute approximate surface area is 237 Å². The number of aromatic nitrogens is 2. The van der Waals surface area contributed by atoms with Crippen molar-refractivity contribution in [2.75, 3.05) is 11.9 Å². The smallest absolute Gasteiger partial charge is 0.226 e. The van der Waals surface area contributed by atoms with E-state index in [-0.39, 0.29) is 18.0 Å². The average molecular weight is 589 g/mol. The molecule has 0 unspecified atom stereocenters. The van der Waals surface area contributed by atoms with E-state index in [9.17, 15) is 4.79 Å². The number of anilines is 1. The van der Waals surface area contributed by atoms with E-state index in [1.54, 1.807) is 6.20 Å². The number of amides is 1. The summed E-state index contributed by atoms with van der Waals surface area (Å²) in [5, 5.41) is 7.18. The topological polar surface area (TPSA) is 62.2 Å². The Morgan fingerprint density at radius 2 is 1.84 bits per heavy atom. The highest BCUT2D eigenvalue weighted by molar-refractivity contribution is 9.10. The number of pyridine rings is 1. The Bertz CT molecular complexity index is 1490. The largest absolute Gasteiger partial charge is 0.352 e. The van der Waals surface area contributed by atoms with Crippen LogP contribution in [-0.2, 0) is 4.79 Å². The van der Waals surface area contributed by atoms with E-state index < -0.39 is 0 Å². The van der Waals surface area contributed by atoms with Crippen LogP contribution in [0, 0.1) is 20.8 Å². The van der Waals surface area contributed by atoms with Crippen LogP contribution in [0.25, 0.3) is 5.69 Å². The zero-order valence-corrected chi connectivity index (χ0v) is 24.0. The molecule has 1 fully saturated rings. The van der Waals surface area contributed by atoms with E-state index in [0.29, 0.717) is 18.1 Å². The highest BCUT2D eigenvalue weighted by Crippen LogP contribution is 2.41. The monoisotopic (exact) mass is 587 g/mol. The van der Waals surface area contributed by atoms with Gasteiger partial charge in [0, 0.05) is 46.4 Å². The molecular formula is C30H30BrN5OS. The Morgan fingerprint density at radius 3 is 2.58 bits per heavy atom. The minimum absolute atomic E-state index is 0.0401. The van der Waals surface area contributed by atoms with E-state index >= 15 is 0 Å². The fourth-order valence-corrected chi connectivity index (χ4v) is 5.95. The van der Waals surface area contributed by atoms with Gasteiger partial charge in [-0.3, -0.25) is 9.78 Å². The molecule has 2 aromatic heterocycles. The van der Waals surface area contributed by atoms with Crippen LogP contribution < -0.4 is 10.6 Å². The summed E-state index contributed by atoms with van der Waals surface area (Å²) in [5.41, 5.74) is 7.29. The molecule has 2 aromatic carbocycles. The van der Waals surface area contributed by atoms with Gasteiger partial charge in [0.1, 0.15) is 0 Å². The molecule has 194 valence electrons. The van der Waals surface area contributed by atoms with Gasteiger partial charge in [0.2, 0.25) is 5.91 Å². The summed E-state index contributed by atoms with van der Waals surface area (Å²) in [4.78, 5) is 19.7. The molecule has 4 aromatic rings. The van der Waals surface area contributed by atoms with Gasteiger partial charge in [-0.2, -0.15) is 0 Å². The highest BCUT2D eigenvalue weighted by atomic mass is 79.9. The van der Waals surface area contributed by atoms with Crippen LogP contribution in [0.1, 0.15) is 46.7 Å². The third-order valence-electron chi connectivity index (χ3n) is 7.05. The normalized spacial score (nSPS) is 16.9. The Morgan fingerprint density at radius 1 is 1.05 bits per heavy atom. The van der Waals surface area contributed by atoms with Gasteiger partial charge in [-0.05, 0) is 86.6 Å². The summed E-state index contributed by atoms with van der Waals surface area (Å²) in [6, 6.07) is 24.0. The number of thiocarbonyl (C=S) groups is 1. The molecule has 1 aliphatic heterocycles. The number of benzene rings is 2. The van der Waals surface area contributed by atoms with E-state index in [4.69, 9.17) is 12.2 Å². The van der Waals surface area contributed by atoms with Gasteiger partial charge in [0.15, 0.2) is 5.11 Å². The van der Waals surface area contributed by atoms with E-state index in [1.165, 1.54) is 0 Å². The first-order chi connectivity index (χ1) is 18.3. The van der Waals surface area contributed by atoms with Crippen molar-refractivity contribution in [3.8, 4) is 5.69 Å². The molecule has 1 aliphatic rings. The zero-order valence-electron chi connectivity index (χ0n) is 21.6. The van der Waals surface area contributed by atoms with Crippen LogP contribution in [0.15, 0.2) is 83.5 Å². The zero-order chi connectivity index (χ0) is 26.8. The SMILES string of the molecule is Cc1ccccc1NC(=O)CCN1C(=S)N[C@@H](c2ccccn2)[C@H]1c1cc(C)n(-c2cccc(Br)c2)c1C. The second-order valence-electron chi connectivity index (χ2n) is 9.57. The molecule has 0 radical (unpaired) electrons. The van der Waals surface area contributed by atoms with Gasteiger partial charge in [-0.15, -0.1) is 0 Å². The minimum Gasteiger partial charge on any atom is -0.352 e. The maximum Gasteiger partial charge on any atom is 0.226 e. The fourth-order valence-electron chi connectivity index (χ4n) is 5.23. The lowest BCUT2D eigenvalue weighted by atomic mass is 9.96. The van der Waals surface area contributed by atoms with Crippen LogP contribution in [0.4, 0.5) is 5.69 Å². The lowest BCUT2D eigenvalue weighted by Gasteiger charge is -2.28. The second kappa shape index (κ2) is 11.1. The number of rotatable bonds is 7. The van der Waals surface area contributed by atoms with Crippen molar-refractivity contribution in [2.24, 2.45) is 0 Å². The Kier molecular flexibility index (Phi) is 7.63. The van der Waals surface area contributed by atoms with Gasteiger partial charge in [-0.25, -0.2) is 0 Å². The van der Waals surface area contributed by atoms with E-state index in [0.717, 1.165) is 44.1 Å². The molecule has 0 saturated carbocycles. The fraction of sp³-hybridized carbons (Fsp3) is 0.233. The van der Waals surface area contributed by atoms with Crippen molar-refractivity contribution in [1.82, 2.24) is 19.8 Å². The molecule has 2 N–H and O–H groups in total. The number of nitrogens with one attached hydrogen (secondary N) is 2. The second-order valence-corrected chi connectivity index (χ2v) is 10.9. The molecule has 0 aliphatic carbocycles. The molecule has 6 nitrogen and oxygen atoms in total. The van der Waals surface area contributed by atoms with E-state index in [2.05, 4.69) is 73.1 Å². The maximum atomic E-state index is 12.9. The standard InChI is InChI=1S/C30H30BrN5OS/c1-19-9-4-5-12-25(19)33-27(37)14-16-35-29(28(34-30(35)38)26-13-6-7-15-32-26)24-17-20(2)36(21(24)3)23-11-8-10-22(31)18-23/h4-13,15,17-18,28-29H,14,16H2,1-3H3,(H,33,37)(H,34,38)/t28-,29+/m0/s1. The summed E-state index contributed by atoms with van der Waals surface area (Å²) in [6.45, 7) is 6.73. The number of nitrogens with zero attached hydrogens (tertiary/aromatic N) is 3. The van der Waals surface area contributed by atoms with Crippen LogP contribution in [0.2, 0.25) is 0 Å². The predicted octanol–water partition coefficient (Wildman–Crippen LogP) is 6.56. The van der Waals surface area contributed by atoms with Gasteiger partial charge >= 0.3 is 0 Å². The third-order valence-corrected chi connectivity index (χ3v) is 7.90. The lowest BCUT2D eigenvalue weighted by Crippen LogP contribution is -2.33. The van der Waals surface area contributed by atoms with E-state index in [1.807, 2.05) is 61.5 Å². The Balaban J connectivity index is 1.48. The summed E-state index contributed by atoms with van der Waals surface area (Å²) < 4.78 is 3.29. The molecule has 8 heteroatoms. The molecule has 1 saturated heterocycles. The third kappa shape index (κ3) is 5.24. The van der Waals surface area contributed by atoms with Crippen molar-refractivity contribution < 1.29 is 4.79 Å². The molecular weight excluding hydrogens is 558 g/mol. The number of halogens is 1. The quantitative estimate of drug-likeness (QED) is 0.240. The lowest BCUT2D eigenvalue weighted by molar-refractivity contribution is -0.116. The number of hydrogen-bond donors (Lipinski definition) is 2. The summed E-state index contributed by atoms with van der Waals surface area (Å²) in [5.74, 6) is -0.0401. The summed E-state index contributed by atoms with van der Waals surface area (Å²) in [6.07, 6.45) is 2.12. The molecule has 0 spiro atoms. The maximum absolute atomic E-state index is 12.9. The number of carbonyl (C=O) groups is 1. The predicted molar refractivity (Wildman–Crippen MR) is 160 cm³/mol. The number of para-hydroxylation sites is 1. The van der Waals surface area contributed by atoms with Crippen molar-refractivity contribution in [1.29, 1.82) is 0 Å². The molecule has 38 heavy (non-hydrogen) atoms. The first-order valence-electron chi connectivity index (χ1n) is 12.6. The van der Waals surface area contributed by atoms with Gasteiger partial charge < -0.3 is 20.1 Å². The highest BCUT2D eigenvalue weighted by Gasteiger charge is 2.41. The average Bonchev–Trinajstić information content (AvgIpc) is 3.39. The summed E-state index contributed by atoms with van der Waals surface area (Å²) >= 11 is 9.44. The van der Waals surface area contributed by atoms with Crippen molar-refractivity contribution in [2.45, 2.75) is 39.3 Å². The molecule has 0 bridgehead atoms. The van der Waals surface area contributed by atoms with Crippen molar-refractivity contribution in [3.63, 3.8) is 0 Å². The number of carbonyl (C=O) groups excluding carboxylic acids is 1. The number of aryl methyl sites for hydroxylation is 2. The van der Waals surface area contributed by atoms with Crippen LogP contribution in [-0.4, -0.2) is 32.0 Å². The molecule has 5 rings (SSSR count). The molecule has 3 heterocycles. The minimum atomic E-state index is -0.139. The van der Waals surface area contributed by atoms with Gasteiger partial charge in [0.05, 0.1) is 17.8 Å². The first-order valence-corrected chi connectivity index (χ1v) is 13.8. The van der Waals surface area contributed by atoms with Gasteiger partial charge in [-0.1, -0.05) is 46.3 Å². The summed E-state index contributed by atoms with van der Waals surface area (Å²) in [7, 11) is 0. The molecule has 2 atom stereocenters. The van der Waals surface area contributed by atoms with Gasteiger partial charge in [0.25, 0.3) is 0 Å². The van der Waals surface area contributed by atoms with Crippen molar-refractivity contribution in [3.05, 3.63) is 112 Å². The number of hydrogen-bond acceptors (Lipinski definition) is 3.